The smallest absolute Gasteiger partial charge is 0.387 e. The Morgan fingerprint density at radius 1 is 1.20 bits per heavy atom. The number of hydrogen-bond acceptors (Lipinski definition) is 4. The highest BCUT2D eigenvalue weighted by Crippen LogP contribution is 2.17. The zero-order valence-electron chi connectivity index (χ0n) is 14.2. The predicted octanol–water partition coefficient (Wildman–Crippen LogP) is 2.15. The van der Waals surface area contributed by atoms with Gasteiger partial charge in [0.1, 0.15) is 5.75 Å². The molecule has 0 bridgehead atoms. The van der Waals surface area contributed by atoms with Gasteiger partial charge in [-0.2, -0.15) is 8.78 Å². The molecule has 1 amide bonds. The van der Waals surface area contributed by atoms with Crippen molar-refractivity contribution in [2.45, 2.75) is 32.0 Å². The molecule has 0 aliphatic carbocycles. The fourth-order valence-corrected chi connectivity index (χ4v) is 3.33. The van der Waals surface area contributed by atoms with Crippen molar-refractivity contribution < 1.29 is 23.0 Å². The Morgan fingerprint density at radius 3 is 2.52 bits per heavy atom. The van der Waals surface area contributed by atoms with Gasteiger partial charge in [-0.05, 0) is 30.5 Å². The Kier molecular flexibility index (Phi) is 6.20. The molecule has 1 unspecified atom stereocenters. The Hall–Kier alpha value is -1.73. The van der Waals surface area contributed by atoms with E-state index in [1.165, 1.54) is 12.1 Å². The van der Waals surface area contributed by atoms with Crippen molar-refractivity contribution in [1.29, 1.82) is 0 Å². The van der Waals surface area contributed by atoms with E-state index in [1.807, 2.05) is 4.90 Å². The number of carbonyl (C=O) groups is 1. The number of rotatable bonds is 6. The molecule has 0 spiro atoms. The largest absolute Gasteiger partial charge is 0.435 e. The van der Waals surface area contributed by atoms with Crippen LogP contribution in [0.15, 0.2) is 24.3 Å². The standard InChI is InChI=1S/C18H24F2N2O3/c19-18(20)25-15-5-3-14(4-6-15)12-17(23)22-9-7-21(8-10-22)13-16-2-1-11-24-16/h3-6,16,18H,1-2,7-13H2. The number of ether oxygens (including phenoxy) is 2. The minimum absolute atomic E-state index is 0.0688. The number of alkyl halides is 2. The van der Waals surface area contributed by atoms with Crippen molar-refractivity contribution >= 4 is 5.91 Å². The Morgan fingerprint density at radius 2 is 1.92 bits per heavy atom. The van der Waals surface area contributed by atoms with E-state index in [0.717, 1.165) is 57.7 Å². The van der Waals surface area contributed by atoms with Gasteiger partial charge < -0.3 is 14.4 Å². The first-order valence-corrected chi connectivity index (χ1v) is 8.75. The van der Waals surface area contributed by atoms with Gasteiger partial charge in [-0.25, -0.2) is 0 Å². The molecule has 138 valence electrons. The lowest BCUT2D eigenvalue weighted by molar-refractivity contribution is -0.132. The van der Waals surface area contributed by atoms with Crippen molar-refractivity contribution in [3.05, 3.63) is 29.8 Å². The van der Waals surface area contributed by atoms with Gasteiger partial charge in [0.25, 0.3) is 0 Å². The van der Waals surface area contributed by atoms with Crippen LogP contribution in [0.5, 0.6) is 5.75 Å². The highest BCUT2D eigenvalue weighted by Gasteiger charge is 2.24. The minimum Gasteiger partial charge on any atom is -0.435 e. The third kappa shape index (κ3) is 5.37. The fourth-order valence-electron chi connectivity index (χ4n) is 3.33. The number of hydrogen-bond donors (Lipinski definition) is 0. The molecule has 2 aliphatic heterocycles. The van der Waals surface area contributed by atoms with Crippen molar-refractivity contribution in [3.63, 3.8) is 0 Å². The lowest BCUT2D eigenvalue weighted by atomic mass is 10.1. The summed E-state index contributed by atoms with van der Waals surface area (Å²) in [5.41, 5.74) is 0.799. The molecule has 0 aromatic heterocycles. The Labute approximate surface area is 146 Å². The second-order valence-electron chi connectivity index (χ2n) is 6.52. The van der Waals surface area contributed by atoms with E-state index in [9.17, 15) is 13.6 Å². The van der Waals surface area contributed by atoms with Gasteiger partial charge >= 0.3 is 6.61 Å². The zero-order valence-corrected chi connectivity index (χ0v) is 14.2. The first-order chi connectivity index (χ1) is 12.1. The van der Waals surface area contributed by atoms with Gasteiger partial charge in [0, 0.05) is 39.3 Å². The lowest BCUT2D eigenvalue weighted by Gasteiger charge is -2.35. The van der Waals surface area contributed by atoms with Crippen LogP contribution < -0.4 is 4.74 Å². The maximum Gasteiger partial charge on any atom is 0.387 e. The summed E-state index contributed by atoms with van der Waals surface area (Å²) in [6, 6.07) is 6.25. The number of halogens is 2. The van der Waals surface area contributed by atoms with E-state index in [4.69, 9.17) is 4.74 Å². The highest BCUT2D eigenvalue weighted by molar-refractivity contribution is 5.78. The molecule has 2 saturated heterocycles. The molecule has 1 aromatic carbocycles. The summed E-state index contributed by atoms with van der Waals surface area (Å²) in [5.74, 6) is 0.174. The van der Waals surface area contributed by atoms with Crippen molar-refractivity contribution in [3.8, 4) is 5.75 Å². The maximum atomic E-state index is 12.4. The number of amides is 1. The third-order valence-corrected chi connectivity index (χ3v) is 4.71. The Balaban J connectivity index is 1.42. The molecule has 2 aliphatic rings. The molecule has 7 heteroatoms. The highest BCUT2D eigenvalue weighted by atomic mass is 19.3. The van der Waals surface area contributed by atoms with Crippen molar-refractivity contribution in [2.75, 3.05) is 39.3 Å². The normalized spacial score (nSPS) is 21.7. The van der Waals surface area contributed by atoms with Gasteiger partial charge in [-0.3, -0.25) is 9.69 Å². The minimum atomic E-state index is -2.83. The second-order valence-corrected chi connectivity index (χ2v) is 6.52. The van der Waals surface area contributed by atoms with Crippen molar-refractivity contribution in [2.24, 2.45) is 0 Å². The van der Waals surface area contributed by atoms with E-state index in [0.29, 0.717) is 6.10 Å². The van der Waals surface area contributed by atoms with E-state index in [1.54, 1.807) is 12.1 Å². The molecule has 1 atom stereocenters. The monoisotopic (exact) mass is 354 g/mol. The van der Waals surface area contributed by atoms with Crippen LogP contribution in [0.4, 0.5) is 8.78 Å². The molecule has 2 heterocycles. The summed E-state index contributed by atoms with van der Waals surface area (Å²) >= 11 is 0. The number of piperazine rings is 1. The van der Waals surface area contributed by atoms with Gasteiger partial charge in [0.05, 0.1) is 12.5 Å². The van der Waals surface area contributed by atoms with Gasteiger partial charge in [-0.15, -0.1) is 0 Å². The topological polar surface area (TPSA) is 42.0 Å². The van der Waals surface area contributed by atoms with Gasteiger partial charge in [0.15, 0.2) is 0 Å². The van der Waals surface area contributed by atoms with Crippen LogP contribution in [0.2, 0.25) is 0 Å². The summed E-state index contributed by atoms with van der Waals surface area (Å²) in [5, 5.41) is 0. The molecule has 3 rings (SSSR count). The molecular weight excluding hydrogens is 330 g/mol. The SMILES string of the molecule is O=C(Cc1ccc(OC(F)F)cc1)N1CCN(CC2CCCO2)CC1. The number of nitrogens with zero attached hydrogens (tertiary/aromatic N) is 2. The van der Waals surface area contributed by atoms with E-state index in [-0.39, 0.29) is 18.1 Å². The van der Waals surface area contributed by atoms with Crippen LogP contribution >= 0.6 is 0 Å². The maximum absolute atomic E-state index is 12.4. The molecule has 5 nitrogen and oxygen atoms in total. The Bertz CT molecular complexity index is 554. The van der Waals surface area contributed by atoms with Crippen LogP contribution in [0.1, 0.15) is 18.4 Å². The first-order valence-electron chi connectivity index (χ1n) is 8.75. The molecule has 0 saturated carbocycles. The molecule has 2 fully saturated rings. The molecule has 0 N–H and O–H groups in total. The van der Waals surface area contributed by atoms with Crippen LogP contribution in [0.25, 0.3) is 0 Å². The summed E-state index contributed by atoms with van der Waals surface area (Å²) < 4.78 is 34.3. The zero-order chi connectivity index (χ0) is 17.6. The van der Waals surface area contributed by atoms with Crippen LogP contribution in [-0.4, -0.2) is 67.8 Å². The van der Waals surface area contributed by atoms with Gasteiger partial charge in [-0.1, -0.05) is 12.1 Å². The lowest BCUT2D eigenvalue weighted by Crippen LogP contribution is -2.50. The quantitative estimate of drug-likeness (QED) is 0.785. The second kappa shape index (κ2) is 8.58. The molecular formula is C18H24F2N2O3. The number of carbonyl (C=O) groups excluding carboxylic acids is 1. The van der Waals surface area contributed by atoms with E-state index in [2.05, 4.69) is 9.64 Å². The summed E-state index contributed by atoms with van der Waals surface area (Å²) in [6.45, 7) is 2.16. The van der Waals surface area contributed by atoms with E-state index >= 15 is 0 Å². The molecule has 25 heavy (non-hydrogen) atoms. The average Bonchev–Trinajstić information content (AvgIpc) is 3.10. The summed E-state index contributed by atoms with van der Waals surface area (Å²) in [6.07, 6.45) is 2.89. The van der Waals surface area contributed by atoms with Crippen LogP contribution in [0, 0.1) is 0 Å². The molecule has 1 aromatic rings. The fraction of sp³-hybridized carbons (Fsp3) is 0.611. The third-order valence-electron chi connectivity index (χ3n) is 4.71. The number of benzene rings is 1. The van der Waals surface area contributed by atoms with Crippen LogP contribution in [0.3, 0.4) is 0 Å². The van der Waals surface area contributed by atoms with Crippen molar-refractivity contribution in [1.82, 2.24) is 9.80 Å². The summed E-state index contributed by atoms with van der Waals surface area (Å²) in [4.78, 5) is 16.6. The van der Waals surface area contributed by atoms with Gasteiger partial charge in [0.2, 0.25) is 5.91 Å². The molecule has 0 radical (unpaired) electrons. The predicted molar refractivity (Wildman–Crippen MR) is 88.8 cm³/mol. The van der Waals surface area contributed by atoms with Crippen LogP contribution in [-0.2, 0) is 16.0 Å². The average molecular weight is 354 g/mol. The summed E-state index contributed by atoms with van der Waals surface area (Å²) in [7, 11) is 0. The first kappa shape index (κ1) is 18.1. The van der Waals surface area contributed by atoms with E-state index < -0.39 is 6.61 Å².